The average Bonchev–Trinajstić information content (AvgIpc) is 2.62. The number of carbonyl (C=O) groups is 1. The molecule has 1 aliphatic rings. The first kappa shape index (κ1) is 18.4. The van der Waals surface area contributed by atoms with E-state index in [-0.39, 0.29) is 6.03 Å². The average molecular weight is 330 g/mol. The van der Waals surface area contributed by atoms with E-state index in [1.165, 1.54) is 19.3 Å². The molecule has 0 spiro atoms. The van der Waals surface area contributed by atoms with Gasteiger partial charge >= 0.3 is 6.03 Å². The van der Waals surface area contributed by atoms with Gasteiger partial charge in [-0.2, -0.15) is 0 Å². The van der Waals surface area contributed by atoms with Gasteiger partial charge in [-0.1, -0.05) is 38.7 Å². The Labute approximate surface area is 145 Å². The van der Waals surface area contributed by atoms with E-state index in [0.29, 0.717) is 12.6 Å². The number of urea groups is 1. The molecular formula is C20H30N2O2. The third-order valence-corrected chi connectivity index (χ3v) is 4.47. The van der Waals surface area contributed by atoms with E-state index >= 15 is 0 Å². The predicted octanol–water partition coefficient (Wildman–Crippen LogP) is 5.22. The molecule has 0 heterocycles. The molecule has 0 aromatic heterocycles. The number of benzene rings is 1. The standard InChI is InChI=1S/C20H30N2O2/c1-3-5-16-24-19-13-11-17(12-14-19)21-20(23)22(15-4-2)18-9-7-6-8-10-18/h4,11-14,18H,2-3,5-10,15-16H2,1H3,(H,21,23). The lowest BCUT2D eigenvalue weighted by molar-refractivity contribution is 0.176. The Morgan fingerprint density at radius 3 is 2.62 bits per heavy atom. The van der Waals surface area contributed by atoms with Gasteiger partial charge in [-0.15, -0.1) is 6.58 Å². The Morgan fingerprint density at radius 1 is 1.29 bits per heavy atom. The molecule has 1 aliphatic carbocycles. The lowest BCUT2D eigenvalue weighted by Gasteiger charge is -2.33. The first-order valence-electron chi connectivity index (χ1n) is 9.16. The Bertz CT molecular complexity index is 507. The molecule has 2 rings (SSSR count). The minimum atomic E-state index is -0.0403. The SMILES string of the molecule is C=CCN(C(=O)Nc1ccc(OCCCC)cc1)C1CCCCC1. The van der Waals surface area contributed by atoms with Gasteiger partial charge in [0.25, 0.3) is 0 Å². The first-order valence-corrected chi connectivity index (χ1v) is 9.16. The Morgan fingerprint density at radius 2 is 2.00 bits per heavy atom. The monoisotopic (exact) mass is 330 g/mol. The number of unbranched alkanes of at least 4 members (excludes halogenated alkanes) is 1. The maximum absolute atomic E-state index is 12.6. The summed E-state index contributed by atoms with van der Waals surface area (Å²) in [6.45, 7) is 7.26. The summed E-state index contributed by atoms with van der Waals surface area (Å²) >= 11 is 0. The van der Waals surface area contributed by atoms with E-state index in [4.69, 9.17) is 4.74 Å². The van der Waals surface area contributed by atoms with Crippen LogP contribution >= 0.6 is 0 Å². The Balaban J connectivity index is 1.91. The van der Waals surface area contributed by atoms with Gasteiger partial charge in [0.1, 0.15) is 5.75 Å². The number of rotatable bonds is 8. The van der Waals surface area contributed by atoms with Gasteiger partial charge in [0.15, 0.2) is 0 Å². The van der Waals surface area contributed by atoms with Crippen molar-refractivity contribution in [3.8, 4) is 5.75 Å². The van der Waals surface area contributed by atoms with Crippen LogP contribution in [0.2, 0.25) is 0 Å². The summed E-state index contributed by atoms with van der Waals surface area (Å²) < 4.78 is 5.65. The molecule has 4 nitrogen and oxygen atoms in total. The number of ether oxygens (including phenoxy) is 1. The zero-order chi connectivity index (χ0) is 17.2. The van der Waals surface area contributed by atoms with Crippen molar-refractivity contribution < 1.29 is 9.53 Å². The molecular weight excluding hydrogens is 300 g/mol. The molecule has 1 N–H and O–H groups in total. The molecule has 4 heteroatoms. The second-order valence-electron chi connectivity index (χ2n) is 6.39. The fourth-order valence-electron chi connectivity index (χ4n) is 3.09. The zero-order valence-corrected chi connectivity index (χ0v) is 14.8. The van der Waals surface area contributed by atoms with Gasteiger partial charge in [0, 0.05) is 18.3 Å². The lowest BCUT2D eigenvalue weighted by atomic mass is 9.94. The highest BCUT2D eigenvalue weighted by molar-refractivity contribution is 5.89. The normalized spacial score (nSPS) is 14.9. The summed E-state index contributed by atoms with van der Waals surface area (Å²) in [5.74, 6) is 0.844. The van der Waals surface area contributed by atoms with Crippen molar-refractivity contribution in [1.29, 1.82) is 0 Å². The molecule has 132 valence electrons. The summed E-state index contributed by atoms with van der Waals surface area (Å²) in [5.41, 5.74) is 0.799. The van der Waals surface area contributed by atoms with Gasteiger partial charge < -0.3 is 15.0 Å². The largest absolute Gasteiger partial charge is 0.494 e. The number of anilines is 1. The molecule has 2 amide bonds. The van der Waals surface area contributed by atoms with Crippen LogP contribution < -0.4 is 10.1 Å². The van der Waals surface area contributed by atoms with Crippen molar-refractivity contribution in [2.24, 2.45) is 0 Å². The predicted molar refractivity (Wildman–Crippen MR) is 99.6 cm³/mol. The van der Waals surface area contributed by atoms with E-state index in [2.05, 4.69) is 18.8 Å². The molecule has 0 bridgehead atoms. The van der Waals surface area contributed by atoms with Crippen LogP contribution in [0, 0.1) is 0 Å². The second-order valence-corrected chi connectivity index (χ2v) is 6.39. The van der Waals surface area contributed by atoms with Crippen molar-refractivity contribution in [2.75, 3.05) is 18.5 Å². The molecule has 0 saturated heterocycles. The number of carbonyl (C=O) groups excluding carboxylic acids is 1. The summed E-state index contributed by atoms with van der Waals surface area (Å²) in [6.07, 6.45) is 9.84. The maximum Gasteiger partial charge on any atom is 0.322 e. The fraction of sp³-hybridized carbons (Fsp3) is 0.550. The molecule has 1 fully saturated rings. The number of nitrogens with one attached hydrogen (secondary N) is 1. The fourth-order valence-corrected chi connectivity index (χ4v) is 3.09. The zero-order valence-electron chi connectivity index (χ0n) is 14.8. The molecule has 1 saturated carbocycles. The highest BCUT2D eigenvalue weighted by Crippen LogP contribution is 2.24. The van der Waals surface area contributed by atoms with Gasteiger partial charge in [0.05, 0.1) is 6.61 Å². The van der Waals surface area contributed by atoms with Gasteiger partial charge in [0.2, 0.25) is 0 Å². The minimum Gasteiger partial charge on any atom is -0.494 e. The smallest absolute Gasteiger partial charge is 0.322 e. The molecule has 0 unspecified atom stereocenters. The number of nitrogens with zero attached hydrogens (tertiary/aromatic N) is 1. The molecule has 1 aromatic rings. The molecule has 0 atom stereocenters. The van der Waals surface area contributed by atoms with Crippen LogP contribution in [0.25, 0.3) is 0 Å². The van der Waals surface area contributed by atoms with Crippen LogP contribution in [-0.2, 0) is 0 Å². The number of hydrogen-bond donors (Lipinski definition) is 1. The molecule has 1 aromatic carbocycles. The van der Waals surface area contributed by atoms with Crippen LogP contribution in [0.4, 0.5) is 10.5 Å². The van der Waals surface area contributed by atoms with Crippen molar-refractivity contribution >= 4 is 11.7 Å². The Hall–Kier alpha value is -1.97. The topological polar surface area (TPSA) is 41.6 Å². The van der Waals surface area contributed by atoms with Crippen molar-refractivity contribution in [2.45, 2.75) is 57.9 Å². The van der Waals surface area contributed by atoms with Crippen LogP contribution in [0.1, 0.15) is 51.9 Å². The summed E-state index contributed by atoms with van der Waals surface area (Å²) in [5, 5.41) is 3.00. The summed E-state index contributed by atoms with van der Waals surface area (Å²) in [6, 6.07) is 7.89. The quantitative estimate of drug-likeness (QED) is 0.524. The molecule has 0 radical (unpaired) electrons. The van der Waals surface area contributed by atoms with Crippen LogP contribution in [0.15, 0.2) is 36.9 Å². The van der Waals surface area contributed by atoms with Gasteiger partial charge in [-0.25, -0.2) is 4.79 Å². The lowest BCUT2D eigenvalue weighted by Crippen LogP contribution is -2.43. The van der Waals surface area contributed by atoms with Crippen molar-refractivity contribution in [3.63, 3.8) is 0 Å². The first-order chi connectivity index (χ1) is 11.7. The third kappa shape index (κ3) is 5.59. The third-order valence-electron chi connectivity index (χ3n) is 4.47. The highest BCUT2D eigenvalue weighted by Gasteiger charge is 2.24. The van der Waals surface area contributed by atoms with Crippen LogP contribution in [-0.4, -0.2) is 30.1 Å². The van der Waals surface area contributed by atoms with Crippen molar-refractivity contribution in [1.82, 2.24) is 4.90 Å². The van der Waals surface area contributed by atoms with Gasteiger partial charge in [-0.05, 0) is 43.5 Å². The van der Waals surface area contributed by atoms with E-state index in [0.717, 1.165) is 43.7 Å². The summed E-state index contributed by atoms with van der Waals surface area (Å²) in [7, 11) is 0. The highest BCUT2D eigenvalue weighted by atomic mass is 16.5. The number of amides is 2. The number of hydrogen-bond acceptors (Lipinski definition) is 2. The molecule has 0 aliphatic heterocycles. The van der Waals surface area contributed by atoms with Crippen molar-refractivity contribution in [3.05, 3.63) is 36.9 Å². The van der Waals surface area contributed by atoms with Crippen LogP contribution in [0.3, 0.4) is 0 Å². The van der Waals surface area contributed by atoms with E-state index in [9.17, 15) is 4.79 Å². The van der Waals surface area contributed by atoms with Crippen LogP contribution in [0.5, 0.6) is 5.75 Å². The minimum absolute atomic E-state index is 0.0403. The Kier molecular flexibility index (Phi) is 7.66. The van der Waals surface area contributed by atoms with Gasteiger partial charge in [-0.3, -0.25) is 0 Å². The molecule has 24 heavy (non-hydrogen) atoms. The maximum atomic E-state index is 12.6. The summed E-state index contributed by atoms with van der Waals surface area (Å²) in [4.78, 5) is 14.5. The van der Waals surface area contributed by atoms with E-state index in [1.807, 2.05) is 29.2 Å². The van der Waals surface area contributed by atoms with E-state index < -0.39 is 0 Å². The second kappa shape index (κ2) is 10.0. The van der Waals surface area contributed by atoms with E-state index in [1.54, 1.807) is 6.08 Å².